The molecule has 4 rings (SSSR count). The molecule has 170 valence electrons. The summed E-state index contributed by atoms with van der Waals surface area (Å²) in [6.45, 7) is 0.919. The van der Waals surface area contributed by atoms with Crippen LogP contribution in [-0.4, -0.2) is 44.4 Å². The van der Waals surface area contributed by atoms with E-state index >= 15 is 0 Å². The SMILES string of the molecule is CS(=O)(=O)CCC(=O)NCCNc1cnc2c(-c3ccc(C#N)cc3)cccc2c1C1CC1. The van der Waals surface area contributed by atoms with Crippen molar-refractivity contribution in [3.05, 3.63) is 59.8 Å². The summed E-state index contributed by atoms with van der Waals surface area (Å²) in [5, 5.41) is 16.3. The number of benzene rings is 2. The lowest BCUT2D eigenvalue weighted by molar-refractivity contribution is -0.120. The van der Waals surface area contributed by atoms with Crippen LogP contribution in [0.25, 0.3) is 22.0 Å². The molecule has 1 aromatic heterocycles. The maximum atomic E-state index is 11.8. The monoisotopic (exact) mass is 462 g/mol. The quantitative estimate of drug-likeness (QED) is 0.470. The molecule has 1 amide bonds. The van der Waals surface area contributed by atoms with Crippen LogP contribution in [0.4, 0.5) is 5.69 Å². The summed E-state index contributed by atoms with van der Waals surface area (Å²) in [4.78, 5) is 16.6. The minimum atomic E-state index is -3.15. The van der Waals surface area contributed by atoms with Gasteiger partial charge < -0.3 is 10.6 Å². The highest BCUT2D eigenvalue weighted by molar-refractivity contribution is 7.90. The Morgan fingerprint density at radius 2 is 1.91 bits per heavy atom. The summed E-state index contributed by atoms with van der Waals surface area (Å²) in [7, 11) is -3.15. The number of rotatable bonds is 9. The van der Waals surface area contributed by atoms with E-state index in [9.17, 15) is 13.2 Å². The number of para-hydroxylation sites is 1. The molecule has 1 aliphatic rings. The molecule has 0 radical (unpaired) electrons. The molecule has 8 heteroatoms. The molecule has 0 unspecified atom stereocenters. The van der Waals surface area contributed by atoms with Crippen molar-refractivity contribution in [1.29, 1.82) is 5.26 Å². The van der Waals surface area contributed by atoms with Crippen molar-refractivity contribution >= 4 is 32.3 Å². The molecule has 1 aliphatic carbocycles. The Balaban J connectivity index is 1.51. The van der Waals surface area contributed by atoms with Crippen molar-refractivity contribution in [2.75, 3.05) is 30.4 Å². The Kier molecular flexibility index (Phi) is 6.61. The van der Waals surface area contributed by atoms with Crippen LogP contribution >= 0.6 is 0 Å². The number of nitrogens with zero attached hydrogens (tertiary/aromatic N) is 2. The van der Waals surface area contributed by atoms with Crippen molar-refractivity contribution in [2.24, 2.45) is 0 Å². The van der Waals surface area contributed by atoms with Crippen molar-refractivity contribution < 1.29 is 13.2 Å². The first-order valence-electron chi connectivity index (χ1n) is 11.0. The summed E-state index contributed by atoms with van der Waals surface area (Å²) < 4.78 is 22.4. The Morgan fingerprint density at radius 1 is 1.15 bits per heavy atom. The number of carbonyl (C=O) groups is 1. The third-order valence-electron chi connectivity index (χ3n) is 5.71. The van der Waals surface area contributed by atoms with Gasteiger partial charge in [-0.15, -0.1) is 0 Å². The summed E-state index contributed by atoms with van der Waals surface area (Å²) in [5.41, 5.74) is 5.82. The molecule has 7 nitrogen and oxygen atoms in total. The number of nitrogens with one attached hydrogen (secondary N) is 2. The number of sulfone groups is 1. The first kappa shape index (κ1) is 22.7. The number of pyridine rings is 1. The molecule has 0 aliphatic heterocycles. The Bertz CT molecular complexity index is 1320. The molecule has 0 saturated heterocycles. The van der Waals surface area contributed by atoms with E-state index < -0.39 is 9.84 Å². The van der Waals surface area contributed by atoms with Gasteiger partial charge in [0, 0.05) is 36.7 Å². The molecule has 1 heterocycles. The second kappa shape index (κ2) is 9.59. The van der Waals surface area contributed by atoms with E-state index in [0.717, 1.165) is 46.8 Å². The Morgan fingerprint density at radius 3 is 2.58 bits per heavy atom. The molecule has 0 spiro atoms. The smallest absolute Gasteiger partial charge is 0.221 e. The summed E-state index contributed by atoms with van der Waals surface area (Å²) in [6, 6.07) is 15.9. The van der Waals surface area contributed by atoms with Crippen molar-refractivity contribution in [1.82, 2.24) is 10.3 Å². The number of nitriles is 1. The standard InChI is InChI=1S/C25H26N4O3S/c1-33(31,32)14-11-23(30)28-13-12-27-22-16-29-25-20(18-7-5-17(15-26)6-8-18)3-2-4-21(25)24(22)19-9-10-19/h2-8,16,19,27H,9-14H2,1H3,(H,28,30). The van der Waals surface area contributed by atoms with Gasteiger partial charge in [0.1, 0.15) is 9.84 Å². The molecule has 3 aromatic rings. The molecule has 2 N–H and O–H groups in total. The van der Waals surface area contributed by atoms with Crippen LogP contribution in [0, 0.1) is 11.3 Å². The van der Waals surface area contributed by atoms with Gasteiger partial charge in [-0.2, -0.15) is 5.26 Å². The van der Waals surface area contributed by atoms with Gasteiger partial charge in [0.05, 0.1) is 34.8 Å². The van der Waals surface area contributed by atoms with E-state index in [1.54, 1.807) is 0 Å². The normalized spacial score (nSPS) is 13.5. The number of amides is 1. The van der Waals surface area contributed by atoms with Crippen molar-refractivity contribution in [2.45, 2.75) is 25.2 Å². The highest BCUT2D eigenvalue weighted by Gasteiger charge is 2.29. The van der Waals surface area contributed by atoms with Crippen LogP contribution in [0.5, 0.6) is 0 Å². The number of hydrogen-bond acceptors (Lipinski definition) is 6. The topological polar surface area (TPSA) is 112 Å². The zero-order valence-corrected chi connectivity index (χ0v) is 19.3. The van der Waals surface area contributed by atoms with Gasteiger partial charge in [-0.3, -0.25) is 9.78 Å². The lowest BCUT2D eigenvalue weighted by Crippen LogP contribution is -2.30. The molecule has 1 fully saturated rings. The number of aromatic nitrogens is 1. The molecule has 2 aromatic carbocycles. The van der Waals surface area contributed by atoms with Gasteiger partial charge in [-0.05, 0) is 42.0 Å². The molecular weight excluding hydrogens is 436 g/mol. The molecule has 0 bridgehead atoms. The van der Waals surface area contributed by atoms with Crippen LogP contribution in [0.3, 0.4) is 0 Å². The fourth-order valence-corrected chi connectivity index (χ4v) is 4.48. The van der Waals surface area contributed by atoms with Gasteiger partial charge in [0.2, 0.25) is 5.91 Å². The average Bonchev–Trinajstić information content (AvgIpc) is 3.64. The van der Waals surface area contributed by atoms with Crippen LogP contribution in [0.1, 0.15) is 36.3 Å². The van der Waals surface area contributed by atoms with Crippen molar-refractivity contribution in [3.63, 3.8) is 0 Å². The van der Waals surface area contributed by atoms with Gasteiger partial charge in [0.25, 0.3) is 0 Å². The average molecular weight is 463 g/mol. The van der Waals surface area contributed by atoms with E-state index in [1.165, 1.54) is 5.56 Å². The highest BCUT2D eigenvalue weighted by atomic mass is 32.2. The molecular formula is C25H26N4O3S. The second-order valence-corrected chi connectivity index (χ2v) is 10.7. The van der Waals surface area contributed by atoms with Crippen LogP contribution in [0.2, 0.25) is 0 Å². The first-order valence-corrected chi connectivity index (χ1v) is 13.0. The number of hydrogen-bond donors (Lipinski definition) is 2. The minimum Gasteiger partial charge on any atom is -0.382 e. The zero-order chi connectivity index (χ0) is 23.4. The van der Waals surface area contributed by atoms with Gasteiger partial charge in [-0.1, -0.05) is 30.3 Å². The zero-order valence-electron chi connectivity index (χ0n) is 18.5. The van der Waals surface area contributed by atoms with E-state index in [0.29, 0.717) is 24.6 Å². The van der Waals surface area contributed by atoms with E-state index in [2.05, 4.69) is 22.8 Å². The lowest BCUT2D eigenvalue weighted by Gasteiger charge is -2.16. The second-order valence-electron chi connectivity index (χ2n) is 8.41. The largest absolute Gasteiger partial charge is 0.382 e. The maximum Gasteiger partial charge on any atom is 0.221 e. The third kappa shape index (κ3) is 5.68. The minimum absolute atomic E-state index is 0.0260. The van der Waals surface area contributed by atoms with Gasteiger partial charge in [0.15, 0.2) is 0 Å². The first-order chi connectivity index (χ1) is 15.9. The van der Waals surface area contributed by atoms with Gasteiger partial charge in [-0.25, -0.2) is 8.42 Å². The summed E-state index contributed by atoms with van der Waals surface area (Å²) in [5.74, 6) is 0.0701. The molecule has 33 heavy (non-hydrogen) atoms. The Hall–Kier alpha value is -3.44. The predicted octanol–water partition coefficient (Wildman–Crippen LogP) is 3.61. The molecule has 1 saturated carbocycles. The lowest BCUT2D eigenvalue weighted by atomic mass is 9.96. The fraction of sp³-hybridized carbons (Fsp3) is 0.320. The number of carbonyl (C=O) groups excluding carboxylic acids is 1. The predicted molar refractivity (Wildman–Crippen MR) is 130 cm³/mol. The fourth-order valence-electron chi connectivity index (χ4n) is 3.92. The van der Waals surface area contributed by atoms with E-state index in [1.807, 2.05) is 42.6 Å². The number of fused-ring (bicyclic) bond motifs is 1. The van der Waals surface area contributed by atoms with Crippen LogP contribution in [-0.2, 0) is 14.6 Å². The third-order valence-corrected chi connectivity index (χ3v) is 6.66. The number of anilines is 1. The van der Waals surface area contributed by atoms with E-state index in [-0.39, 0.29) is 18.1 Å². The van der Waals surface area contributed by atoms with Crippen LogP contribution < -0.4 is 10.6 Å². The van der Waals surface area contributed by atoms with Crippen molar-refractivity contribution in [3.8, 4) is 17.2 Å². The maximum absolute atomic E-state index is 11.8. The molecule has 0 atom stereocenters. The summed E-state index contributed by atoms with van der Waals surface area (Å²) >= 11 is 0. The highest BCUT2D eigenvalue weighted by Crippen LogP contribution is 2.47. The van der Waals surface area contributed by atoms with E-state index in [4.69, 9.17) is 10.2 Å². The summed E-state index contributed by atoms with van der Waals surface area (Å²) in [6.07, 6.45) is 5.23. The van der Waals surface area contributed by atoms with Gasteiger partial charge >= 0.3 is 0 Å². The Labute approximate surface area is 193 Å². The van der Waals surface area contributed by atoms with Crippen LogP contribution in [0.15, 0.2) is 48.7 Å².